The average molecular weight is 578 g/mol. The highest BCUT2D eigenvalue weighted by Crippen LogP contribution is 2.46. The second-order valence-electron chi connectivity index (χ2n) is 11.4. The van der Waals surface area contributed by atoms with Gasteiger partial charge in [-0.05, 0) is 51.1 Å². The van der Waals surface area contributed by atoms with Crippen molar-refractivity contribution in [3.63, 3.8) is 0 Å². The molecule has 0 aromatic heterocycles. The third-order valence-corrected chi connectivity index (χ3v) is 8.89. The highest BCUT2D eigenvalue weighted by Gasteiger charge is 2.39. The van der Waals surface area contributed by atoms with Gasteiger partial charge in [-0.1, -0.05) is 194 Å². The molecule has 0 saturated heterocycles. The van der Waals surface area contributed by atoms with E-state index in [9.17, 15) is 0 Å². The first-order chi connectivity index (χ1) is 22.3. The van der Waals surface area contributed by atoms with Crippen LogP contribution in [0.1, 0.15) is 38.9 Å². The Hall–Kier alpha value is -5.66. The normalized spacial score (nSPS) is 11.6. The number of nitrogens with one attached hydrogen (secondary N) is 1. The number of benzene rings is 7. The Morgan fingerprint density at radius 2 is 0.489 bits per heavy atom. The van der Waals surface area contributed by atoms with Gasteiger partial charge in [-0.15, -0.1) is 0 Å². The Kier molecular flexibility index (Phi) is 7.83. The van der Waals surface area contributed by atoms with Crippen LogP contribution >= 0.6 is 0 Å². The van der Waals surface area contributed by atoms with Crippen molar-refractivity contribution in [2.75, 3.05) is 5.32 Å². The van der Waals surface area contributed by atoms with E-state index in [2.05, 4.69) is 212 Å². The van der Waals surface area contributed by atoms with Crippen LogP contribution in [0.5, 0.6) is 0 Å². The van der Waals surface area contributed by atoms with E-state index in [1.165, 1.54) is 38.9 Å². The molecule has 7 rings (SSSR count). The quantitative estimate of drug-likeness (QED) is 0.168. The van der Waals surface area contributed by atoms with Gasteiger partial charge >= 0.3 is 0 Å². The lowest BCUT2D eigenvalue weighted by molar-refractivity contribution is 0.710. The van der Waals surface area contributed by atoms with Crippen LogP contribution in [0.15, 0.2) is 206 Å². The van der Waals surface area contributed by atoms with Crippen LogP contribution in [0.3, 0.4) is 0 Å². The number of rotatable bonds is 9. The van der Waals surface area contributed by atoms with Crippen LogP contribution in [0, 0.1) is 0 Å². The Morgan fingerprint density at radius 3 is 0.778 bits per heavy atom. The first-order valence-corrected chi connectivity index (χ1v) is 15.5. The molecule has 0 aliphatic rings. The summed E-state index contributed by atoms with van der Waals surface area (Å²) in [6.45, 7) is 0. The van der Waals surface area contributed by atoms with Crippen molar-refractivity contribution >= 4 is 5.69 Å². The molecule has 0 heterocycles. The van der Waals surface area contributed by atoms with E-state index in [4.69, 9.17) is 0 Å². The summed E-state index contributed by atoms with van der Waals surface area (Å²) in [6.07, 6.45) is 0. The second-order valence-corrected chi connectivity index (χ2v) is 11.4. The molecule has 0 radical (unpaired) electrons. The molecule has 0 aliphatic heterocycles. The van der Waals surface area contributed by atoms with Gasteiger partial charge in [0.05, 0.1) is 5.41 Å². The molecule has 1 N–H and O–H groups in total. The molecule has 1 nitrogen and oxygen atoms in total. The molecule has 0 atom stereocenters. The van der Waals surface area contributed by atoms with E-state index < -0.39 is 11.0 Å². The zero-order valence-electron chi connectivity index (χ0n) is 25.1. The minimum atomic E-state index is -0.597. The molecular weight excluding hydrogens is 542 g/mol. The summed E-state index contributed by atoms with van der Waals surface area (Å²) in [7, 11) is 0. The highest BCUT2D eigenvalue weighted by atomic mass is 15.0. The molecule has 0 fully saturated rings. The van der Waals surface area contributed by atoms with Crippen molar-refractivity contribution in [1.82, 2.24) is 0 Å². The van der Waals surface area contributed by atoms with Crippen molar-refractivity contribution in [3.8, 4) is 0 Å². The lowest BCUT2D eigenvalue weighted by atomic mass is 9.65. The second kappa shape index (κ2) is 12.5. The van der Waals surface area contributed by atoms with E-state index in [-0.39, 0.29) is 0 Å². The smallest absolute Gasteiger partial charge is 0.114 e. The summed E-state index contributed by atoms with van der Waals surface area (Å²) in [4.78, 5) is 0. The van der Waals surface area contributed by atoms with Gasteiger partial charge in [-0.2, -0.15) is 0 Å². The Labute approximate surface area is 266 Å². The Morgan fingerprint density at radius 1 is 0.244 bits per heavy atom. The molecule has 7 aromatic rings. The predicted octanol–water partition coefficient (Wildman–Crippen LogP) is 10.5. The summed E-state index contributed by atoms with van der Waals surface area (Å²) in [5, 5.41) is 4.04. The van der Waals surface area contributed by atoms with E-state index in [1.54, 1.807) is 0 Å². The summed E-state index contributed by atoms with van der Waals surface area (Å²) in [6, 6.07) is 73.9. The topological polar surface area (TPSA) is 12.0 Å². The van der Waals surface area contributed by atoms with Crippen LogP contribution in [0.4, 0.5) is 5.69 Å². The zero-order valence-corrected chi connectivity index (χ0v) is 25.1. The van der Waals surface area contributed by atoms with Gasteiger partial charge in [0.2, 0.25) is 0 Å². The molecule has 0 amide bonds. The van der Waals surface area contributed by atoms with Crippen LogP contribution in [-0.2, 0) is 11.0 Å². The van der Waals surface area contributed by atoms with Crippen molar-refractivity contribution in [2.45, 2.75) is 11.0 Å². The van der Waals surface area contributed by atoms with Gasteiger partial charge in [0.15, 0.2) is 0 Å². The largest absolute Gasteiger partial charge is 0.368 e. The van der Waals surface area contributed by atoms with Crippen LogP contribution in [0.25, 0.3) is 0 Å². The van der Waals surface area contributed by atoms with Gasteiger partial charge in [0, 0.05) is 5.69 Å². The minimum Gasteiger partial charge on any atom is -0.368 e. The molecular formula is C44H35N. The number of hydrogen-bond acceptors (Lipinski definition) is 1. The fourth-order valence-corrected chi connectivity index (χ4v) is 6.87. The van der Waals surface area contributed by atoms with E-state index in [1.807, 2.05) is 0 Å². The fourth-order valence-electron chi connectivity index (χ4n) is 6.87. The van der Waals surface area contributed by atoms with Crippen LogP contribution in [0.2, 0.25) is 0 Å². The maximum absolute atomic E-state index is 4.04. The summed E-state index contributed by atoms with van der Waals surface area (Å²) in [5.74, 6) is 0. The zero-order chi connectivity index (χ0) is 30.4. The molecule has 45 heavy (non-hydrogen) atoms. The van der Waals surface area contributed by atoms with Crippen molar-refractivity contribution in [2.24, 2.45) is 0 Å². The molecule has 0 spiro atoms. The molecule has 0 unspecified atom stereocenters. The summed E-state index contributed by atoms with van der Waals surface area (Å²) < 4.78 is 0. The van der Waals surface area contributed by atoms with Crippen LogP contribution < -0.4 is 5.32 Å². The molecule has 0 saturated carbocycles. The molecule has 7 aromatic carbocycles. The predicted molar refractivity (Wildman–Crippen MR) is 188 cm³/mol. The lowest BCUT2D eigenvalue weighted by Crippen LogP contribution is -2.38. The van der Waals surface area contributed by atoms with Gasteiger partial charge in [-0.3, -0.25) is 0 Å². The Balaban J connectivity index is 1.42. The maximum Gasteiger partial charge on any atom is 0.114 e. The standard InChI is InChI=1S/C44H35N/c1-7-19-35(20-8-1)43(36-21-9-2-10-22-36,37-23-11-3-12-24-37)38-31-33-42(34-32-38)45-44(39-25-13-4-14-26-39,40-27-15-5-16-28-40)41-29-17-6-18-30-41/h1-34,45H. The number of hydrogen-bond donors (Lipinski definition) is 1. The molecule has 0 bridgehead atoms. The monoisotopic (exact) mass is 577 g/mol. The first-order valence-electron chi connectivity index (χ1n) is 15.5. The lowest BCUT2D eigenvalue weighted by Gasteiger charge is -2.39. The van der Waals surface area contributed by atoms with E-state index in [0.717, 1.165) is 5.69 Å². The SMILES string of the molecule is c1ccc(C(Nc2ccc(C(c3ccccc3)(c3ccccc3)c3ccccc3)cc2)(c2ccccc2)c2ccccc2)cc1. The maximum atomic E-state index is 4.04. The third kappa shape index (κ3) is 5.13. The van der Waals surface area contributed by atoms with Gasteiger partial charge in [0.1, 0.15) is 5.54 Å². The van der Waals surface area contributed by atoms with Crippen molar-refractivity contribution < 1.29 is 0 Å². The van der Waals surface area contributed by atoms with E-state index >= 15 is 0 Å². The fraction of sp³-hybridized carbons (Fsp3) is 0.0455. The Bertz CT molecular complexity index is 1730. The number of anilines is 1. The highest BCUT2D eigenvalue weighted by molar-refractivity contribution is 5.64. The minimum absolute atomic E-state index is 0.488. The van der Waals surface area contributed by atoms with Crippen molar-refractivity contribution in [1.29, 1.82) is 0 Å². The van der Waals surface area contributed by atoms with Crippen molar-refractivity contribution in [3.05, 3.63) is 245 Å². The summed E-state index contributed by atoms with van der Waals surface area (Å²) >= 11 is 0. The summed E-state index contributed by atoms with van der Waals surface area (Å²) in [5.41, 5.74) is 8.40. The van der Waals surface area contributed by atoms with Gasteiger partial charge in [0.25, 0.3) is 0 Å². The first kappa shape index (κ1) is 28.1. The van der Waals surface area contributed by atoms with Crippen LogP contribution in [-0.4, -0.2) is 0 Å². The molecule has 216 valence electrons. The third-order valence-electron chi connectivity index (χ3n) is 8.89. The molecule has 1 heteroatoms. The average Bonchev–Trinajstić information content (AvgIpc) is 3.14. The van der Waals surface area contributed by atoms with E-state index in [0.29, 0.717) is 0 Å². The van der Waals surface area contributed by atoms with Gasteiger partial charge in [-0.25, -0.2) is 0 Å². The van der Waals surface area contributed by atoms with Gasteiger partial charge < -0.3 is 5.32 Å². The molecule has 0 aliphatic carbocycles.